The molecule has 1 atom stereocenters. The van der Waals surface area contributed by atoms with Crippen LogP contribution in [-0.4, -0.2) is 25.9 Å². The average Bonchev–Trinajstić information content (AvgIpc) is 3.19. The molecule has 0 radical (unpaired) electrons. The number of nitrogens with zero attached hydrogens (tertiary/aromatic N) is 1. The minimum Gasteiger partial charge on any atom is -0.350 e. The molecule has 0 fully saturated rings. The number of hydrogen-bond donors (Lipinski definition) is 1. The lowest BCUT2D eigenvalue weighted by molar-refractivity contribution is 0.0953. The largest absolute Gasteiger partial charge is 0.350 e. The summed E-state index contributed by atoms with van der Waals surface area (Å²) >= 11 is 1.18. The van der Waals surface area contributed by atoms with E-state index in [1.807, 2.05) is 19.1 Å². The third kappa shape index (κ3) is 4.00. The molecule has 0 spiro atoms. The Bertz CT molecular complexity index is 967. The Balaban J connectivity index is 1.89. The van der Waals surface area contributed by atoms with Crippen molar-refractivity contribution >= 4 is 27.1 Å². The number of benzene rings is 1. The average molecular weight is 386 g/mol. The van der Waals surface area contributed by atoms with Crippen LogP contribution in [-0.2, 0) is 9.84 Å². The van der Waals surface area contributed by atoms with Crippen LogP contribution >= 0.6 is 11.3 Å². The summed E-state index contributed by atoms with van der Waals surface area (Å²) < 4.78 is 26.4. The Kier molecular flexibility index (Phi) is 5.49. The molecular weight excluding hydrogens is 368 g/mol. The molecule has 1 amide bonds. The van der Waals surface area contributed by atoms with Gasteiger partial charge in [0, 0.05) is 24.5 Å². The summed E-state index contributed by atoms with van der Waals surface area (Å²) in [4.78, 5) is 16.2. The van der Waals surface area contributed by atoms with E-state index < -0.39 is 15.1 Å². The molecule has 2 aromatic heterocycles. The standard InChI is InChI=1S/C19H18N2O3S2/c1-14-4-6-15(7-5-14)17(26(23,24)18-3-2-12-25-18)13-21-19(22)16-8-10-20-11-9-16/h2-12,17H,13H2,1H3,(H,21,22)/t17-/m0/s1. The van der Waals surface area contributed by atoms with Crippen molar-refractivity contribution in [2.24, 2.45) is 0 Å². The smallest absolute Gasteiger partial charge is 0.251 e. The van der Waals surface area contributed by atoms with Gasteiger partial charge in [-0.3, -0.25) is 9.78 Å². The van der Waals surface area contributed by atoms with Gasteiger partial charge in [-0.15, -0.1) is 11.3 Å². The number of aryl methyl sites for hydroxylation is 1. The maximum Gasteiger partial charge on any atom is 0.251 e. The number of carbonyl (C=O) groups excluding carboxylic acids is 1. The van der Waals surface area contributed by atoms with Crippen molar-refractivity contribution in [1.82, 2.24) is 10.3 Å². The van der Waals surface area contributed by atoms with Crippen molar-refractivity contribution in [3.63, 3.8) is 0 Å². The Morgan fingerprint density at radius 3 is 2.42 bits per heavy atom. The fourth-order valence-corrected chi connectivity index (χ4v) is 5.41. The minimum absolute atomic E-state index is 0.00947. The van der Waals surface area contributed by atoms with Crippen LogP contribution < -0.4 is 5.32 Å². The van der Waals surface area contributed by atoms with Gasteiger partial charge in [0.05, 0.1) is 0 Å². The Labute approximate surface area is 156 Å². The second-order valence-electron chi connectivity index (χ2n) is 5.82. The topological polar surface area (TPSA) is 76.1 Å². The van der Waals surface area contributed by atoms with Gasteiger partial charge in [-0.25, -0.2) is 8.42 Å². The van der Waals surface area contributed by atoms with Crippen molar-refractivity contribution < 1.29 is 13.2 Å². The van der Waals surface area contributed by atoms with Crippen molar-refractivity contribution in [2.45, 2.75) is 16.4 Å². The number of rotatable bonds is 6. The summed E-state index contributed by atoms with van der Waals surface area (Å²) in [5, 5.41) is 3.62. The van der Waals surface area contributed by atoms with E-state index in [1.165, 1.54) is 23.7 Å². The predicted molar refractivity (Wildman–Crippen MR) is 102 cm³/mol. The van der Waals surface area contributed by atoms with Crippen LogP contribution in [0.25, 0.3) is 0 Å². The first-order valence-electron chi connectivity index (χ1n) is 8.00. The van der Waals surface area contributed by atoms with E-state index in [-0.39, 0.29) is 12.5 Å². The second kappa shape index (κ2) is 7.80. The van der Waals surface area contributed by atoms with Gasteiger partial charge in [-0.05, 0) is 36.1 Å². The lowest BCUT2D eigenvalue weighted by atomic mass is 10.1. The van der Waals surface area contributed by atoms with Crippen molar-refractivity contribution in [2.75, 3.05) is 6.54 Å². The number of sulfone groups is 1. The summed E-state index contributed by atoms with van der Waals surface area (Å²) in [7, 11) is -3.61. The first kappa shape index (κ1) is 18.3. The van der Waals surface area contributed by atoms with E-state index in [0.717, 1.165) is 5.56 Å². The molecule has 2 heterocycles. The molecule has 1 aromatic carbocycles. The molecule has 0 aliphatic carbocycles. The molecule has 0 unspecified atom stereocenters. The molecule has 5 nitrogen and oxygen atoms in total. The second-order valence-corrected chi connectivity index (χ2v) is 9.13. The molecule has 7 heteroatoms. The maximum atomic E-state index is 13.1. The van der Waals surface area contributed by atoms with Crippen LogP contribution in [0.4, 0.5) is 0 Å². The van der Waals surface area contributed by atoms with Gasteiger partial charge in [0.15, 0.2) is 9.84 Å². The van der Waals surface area contributed by atoms with Gasteiger partial charge >= 0.3 is 0 Å². The van der Waals surface area contributed by atoms with Crippen molar-refractivity contribution in [3.05, 3.63) is 83.0 Å². The molecule has 0 aliphatic heterocycles. The first-order chi connectivity index (χ1) is 12.5. The zero-order valence-corrected chi connectivity index (χ0v) is 15.8. The molecule has 0 aliphatic rings. The number of carbonyl (C=O) groups is 1. The molecule has 3 aromatic rings. The minimum atomic E-state index is -3.61. The van der Waals surface area contributed by atoms with E-state index in [1.54, 1.807) is 41.8 Å². The van der Waals surface area contributed by atoms with E-state index in [9.17, 15) is 13.2 Å². The lowest BCUT2D eigenvalue weighted by Gasteiger charge is -2.18. The highest BCUT2D eigenvalue weighted by molar-refractivity contribution is 7.93. The number of hydrogen-bond acceptors (Lipinski definition) is 5. The number of nitrogens with one attached hydrogen (secondary N) is 1. The monoisotopic (exact) mass is 386 g/mol. The van der Waals surface area contributed by atoms with Crippen LogP contribution in [0.2, 0.25) is 0 Å². The summed E-state index contributed by atoms with van der Waals surface area (Å²) in [5.41, 5.74) is 2.14. The highest BCUT2D eigenvalue weighted by Crippen LogP contribution is 2.31. The van der Waals surface area contributed by atoms with Crippen LogP contribution in [0.3, 0.4) is 0 Å². The number of amides is 1. The normalized spacial score (nSPS) is 12.5. The van der Waals surface area contributed by atoms with Crippen LogP contribution in [0.15, 0.2) is 70.5 Å². The fraction of sp³-hybridized carbons (Fsp3) is 0.158. The van der Waals surface area contributed by atoms with Crippen LogP contribution in [0, 0.1) is 6.92 Å². The summed E-state index contributed by atoms with van der Waals surface area (Å²) in [6.07, 6.45) is 3.05. The Morgan fingerprint density at radius 1 is 1.12 bits per heavy atom. The SMILES string of the molecule is Cc1ccc([C@H](CNC(=O)c2ccncc2)S(=O)(=O)c2cccs2)cc1. The van der Waals surface area contributed by atoms with Crippen molar-refractivity contribution in [1.29, 1.82) is 0 Å². The summed E-state index contributed by atoms with van der Waals surface area (Å²) in [6, 6.07) is 13.8. The summed E-state index contributed by atoms with van der Waals surface area (Å²) in [5.74, 6) is -0.328. The maximum absolute atomic E-state index is 13.1. The first-order valence-corrected chi connectivity index (χ1v) is 10.4. The third-order valence-electron chi connectivity index (χ3n) is 3.99. The van der Waals surface area contributed by atoms with E-state index >= 15 is 0 Å². The van der Waals surface area contributed by atoms with Gasteiger partial charge in [0.2, 0.25) is 0 Å². The van der Waals surface area contributed by atoms with Crippen LogP contribution in [0.1, 0.15) is 26.7 Å². The molecule has 3 rings (SSSR count). The van der Waals surface area contributed by atoms with E-state index in [4.69, 9.17) is 0 Å². The molecule has 0 bridgehead atoms. The lowest BCUT2D eigenvalue weighted by Crippen LogP contribution is -2.31. The number of thiophene rings is 1. The van der Waals surface area contributed by atoms with Crippen molar-refractivity contribution in [3.8, 4) is 0 Å². The Morgan fingerprint density at radius 2 is 1.81 bits per heavy atom. The fourth-order valence-electron chi connectivity index (χ4n) is 2.54. The number of aromatic nitrogens is 1. The zero-order chi connectivity index (χ0) is 18.6. The molecule has 26 heavy (non-hydrogen) atoms. The Hall–Kier alpha value is -2.51. The number of pyridine rings is 1. The van der Waals surface area contributed by atoms with Gasteiger partial charge < -0.3 is 5.32 Å². The molecule has 1 N–H and O–H groups in total. The van der Waals surface area contributed by atoms with E-state index in [0.29, 0.717) is 15.3 Å². The molecule has 0 saturated heterocycles. The molecule has 0 saturated carbocycles. The zero-order valence-electron chi connectivity index (χ0n) is 14.1. The van der Waals surface area contributed by atoms with Gasteiger partial charge in [0.25, 0.3) is 5.91 Å². The highest BCUT2D eigenvalue weighted by atomic mass is 32.2. The highest BCUT2D eigenvalue weighted by Gasteiger charge is 2.30. The molecular formula is C19H18N2O3S2. The van der Waals surface area contributed by atoms with Crippen LogP contribution in [0.5, 0.6) is 0 Å². The quantitative estimate of drug-likeness (QED) is 0.704. The summed E-state index contributed by atoms with van der Waals surface area (Å²) in [6.45, 7) is 1.93. The van der Waals surface area contributed by atoms with Gasteiger partial charge in [-0.2, -0.15) is 0 Å². The predicted octanol–water partition coefficient (Wildman–Crippen LogP) is 3.40. The third-order valence-corrected chi connectivity index (χ3v) is 7.52. The van der Waals surface area contributed by atoms with Gasteiger partial charge in [0.1, 0.15) is 9.46 Å². The molecule has 134 valence electrons. The van der Waals surface area contributed by atoms with Gasteiger partial charge in [-0.1, -0.05) is 35.9 Å². The van der Waals surface area contributed by atoms with E-state index in [2.05, 4.69) is 10.3 Å².